The van der Waals surface area contributed by atoms with Crippen molar-refractivity contribution in [2.24, 2.45) is 5.41 Å². The van der Waals surface area contributed by atoms with Crippen molar-refractivity contribution >= 4 is 5.91 Å². The lowest BCUT2D eigenvalue weighted by Crippen LogP contribution is -2.46. The molecular weight excluding hydrogens is 401 g/mol. The summed E-state index contributed by atoms with van der Waals surface area (Å²) >= 11 is 0. The van der Waals surface area contributed by atoms with Crippen LogP contribution in [0.5, 0.6) is 0 Å². The third-order valence-corrected chi connectivity index (χ3v) is 6.15. The van der Waals surface area contributed by atoms with E-state index < -0.39 is 5.41 Å². The molecule has 166 valence electrons. The van der Waals surface area contributed by atoms with Gasteiger partial charge in [-0.2, -0.15) is 0 Å². The second-order valence-corrected chi connectivity index (χ2v) is 9.07. The maximum absolute atomic E-state index is 13.7. The van der Waals surface area contributed by atoms with E-state index in [-0.39, 0.29) is 17.8 Å². The molecule has 0 saturated carbocycles. The predicted molar refractivity (Wildman–Crippen MR) is 125 cm³/mol. The first kappa shape index (κ1) is 22.2. The molecule has 1 aromatic heterocycles. The first-order chi connectivity index (χ1) is 15.4. The zero-order valence-corrected chi connectivity index (χ0v) is 18.7. The maximum atomic E-state index is 13.7. The Morgan fingerprint density at radius 1 is 1.16 bits per heavy atom. The van der Waals surface area contributed by atoms with Crippen molar-refractivity contribution in [2.45, 2.75) is 39.3 Å². The van der Waals surface area contributed by atoms with Gasteiger partial charge in [-0.05, 0) is 68.1 Å². The molecule has 0 aliphatic carbocycles. The second kappa shape index (κ2) is 9.61. The fourth-order valence-corrected chi connectivity index (χ4v) is 4.65. The Bertz CT molecular complexity index is 1070. The average molecular weight is 432 g/mol. The molecule has 1 N–H and O–H groups in total. The molecule has 1 aliphatic rings. The van der Waals surface area contributed by atoms with Gasteiger partial charge >= 0.3 is 0 Å². The van der Waals surface area contributed by atoms with Crippen LogP contribution in [0.2, 0.25) is 0 Å². The summed E-state index contributed by atoms with van der Waals surface area (Å²) in [7, 11) is 0. The lowest BCUT2D eigenvalue weighted by atomic mass is 9.78. The third kappa shape index (κ3) is 5.05. The number of hydrogen-bond acceptors (Lipinski definition) is 3. The summed E-state index contributed by atoms with van der Waals surface area (Å²) in [6, 6.07) is 19.0. The molecule has 1 aliphatic heterocycles. The number of rotatable bonds is 7. The summed E-state index contributed by atoms with van der Waals surface area (Å²) in [6.45, 7) is 6.07. The van der Waals surface area contributed by atoms with Crippen LogP contribution in [0.15, 0.2) is 73.1 Å². The van der Waals surface area contributed by atoms with Gasteiger partial charge in [0.25, 0.3) is 0 Å². The Labute approximate surface area is 189 Å². The van der Waals surface area contributed by atoms with Gasteiger partial charge in [-0.1, -0.05) is 42.5 Å². The van der Waals surface area contributed by atoms with E-state index in [9.17, 15) is 9.18 Å². The van der Waals surface area contributed by atoms with Gasteiger partial charge in [-0.3, -0.25) is 14.7 Å². The van der Waals surface area contributed by atoms with Gasteiger partial charge in [-0.15, -0.1) is 0 Å². The van der Waals surface area contributed by atoms with E-state index in [1.165, 1.54) is 6.07 Å². The molecule has 0 unspecified atom stereocenters. The minimum Gasteiger partial charge on any atom is -0.353 e. The van der Waals surface area contributed by atoms with Crippen molar-refractivity contribution in [3.63, 3.8) is 0 Å². The minimum atomic E-state index is -0.532. The zero-order valence-electron chi connectivity index (χ0n) is 18.7. The quantitative estimate of drug-likeness (QED) is 0.582. The van der Waals surface area contributed by atoms with E-state index in [0.29, 0.717) is 19.5 Å². The van der Waals surface area contributed by atoms with E-state index in [0.717, 1.165) is 35.2 Å². The number of pyridine rings is 1. The van der Waals surface area contributed by atoms with Gasteiger partial charge < -0.3 is 5.32 Å². The number of halogens is 1. The molecular formula is C27H30FN3O. The third-order valence-electron chi connectivity index (χ3n) is 6.15. The van der Waals surface area contributed by atoms with Gasteiger partial charge in [0.2, 0.25) is 5.91 Å². The lowest BCUT2D eigenvalue weighted by molar-refractivity contribution is -0.131. The average Bonchev–Trinajstić information content (AvgIpc) is 3.18. The fraction of sp³-hybridized carbons (Fsp3) is 0.333. The molecule has 1 saturated heterocycles. The van der Waals surface area contributed by atoms with Crippen molar-refractivity contribution < 1.29 is 9.18 Å². The number of carbonyl (C=O) groups is 1. The van der Waals surface area contributed by atoms with Gasteiger partial charge in [0.15, 0.2) is 0 Å². The highest BCUT2D eigenvalue weighted by atomic mass is 19.1. The molecule has 2 heterocycles. The van der Waals surface area contributed by atoms with Gasteiger partial charge in [0, 0.05) is 37.1 Å². The molecule has 3 aromatic rings. The van der Waals surface area contributed by atoms with Crippen molar-refractivity contribution in [3.8, 4) is 11.1 Å². The van der Waals surface area contributed by atoms with Gasteiger partial charge in [0.1, 0.15) is 5.82 Å². The Balaban J connectivity index is 1.62. The molecule has 1 fully saturated rings. The monoisotopic (exact) mass is 431 g/mol. The molecule has 1 amide bonds. The predicted octanol–water partition coefficient (Wildman–Crippen LogP) is 4.85. The highest BCUT2D eigenvalue weighted by Crippen LogP contribution is 2.38. The minimum absolute atomic E-state index is 0.0743. The summed E-state index contributed by atoms with van der Waals surface area (Å²) < 4.78 is 13.7. The van der Waals surface area contributed by atoms with Crippen LogP contribution in [-0.4, -0.2) is 34.9 Å². The Morgan fingerprint density at radius 3 is 2.75 bits per heavy atom. The van der Waals surface area contributed by atoms with Crippen molar-refractivity contribution in [1.29, 1.82) is 0 Å². The maximum Gasteiger partial charge on any atom is 0.228 e. The van der Waals surface area contributed by atoms with Gasteiger partial charge in [0.05, 0.1) is 5.41 Å². The zero-order chi connectivity index (χ0) is 22.6. The van der Waals surface area contributed by atoms with Crippen LogP contribution in [0.4, 0.5) is 4.39 Å². The lowest BCUT2D eigenvalue weighted by Gasteiger charge is -2.30. The van der Waals surface area contributed by atoms with E-state index in [2.05, 4.69) is 33.4 Å². The Kier molecular flexibility index (Phi) is 6.66. The molecule has 4 rings (SSSR count). The van der Waals surface area contributed by atoms with Crippen molar-refractivity contribution in [1.82, 2.24) is 15.2 Å². The molecule has 4 nitrogen and oxygen atoms in total. The summed E-state index contributed by atoms with van der Waals surface area (Å²) in [5.74, 6) is -0.133. The largest absolute Gasteiger partial charge is 0.353 e. The van der Waals surface area contributed by atoms with Crippen LogP contribution < -0.4 is 5.32 Å². The smallest absolute Gasteiger partial charge is 0.228 e. The first-order valence-corrected chi connectivity index (χ1v) is 11.2. The molecule has 0 radical (unpaired) electrons. The number of nitrogens with zero attached hydrogens (tertiary/aromatic N) is 2. The molecule has 5 heteroatoms. The Hall–Kier alpha value is -3.05. The van der Waals surface area contributed by atoms with Crippen molar-refractivity contribution in [2.75, 3.05) is 13.1 Å². The van der Waals surface area contributed by atoms with Crippen LogP contribution in [0.1, 0.15) is 31.4 Å². The van der Waals surface area contributed by atoms with E-state index in [4.69, 9.17) is 0 Å². The fourth-order valence-electron chi connectivity index (χ4n) is 4.65. The summed E-state index contributed by atoms with van der Waals surface area (Å²) in [5.41, 5.74) is 3.71. The highest BCUT2D eigenvalue weighted by Gasteiger charge is 2.45. The number of likely N-dealkylation sites (tertiary alicyclic amines) is 1. The number of benzene rings is 2. The highest BCUT2D eigenvalue weighted by molar-refractivity contribution is 5.84. The van der Waals surface area contributed by atoms with Crippen molar-refractivity contribution in [3.05, 3.63) is 90.0 Å². The second-order valence-electron chi connectivity index (χ2n) is 9.07. The standard InChI is InChI=1S/C27H30FN3O/c1-20(2)30-26(32)27(12-14-31(19-27)18-21-7-5-10-24(28)15-21)16-22-8-3-4-11-25(22)23-9-6-13-29-17-23/h3-11,13,15,17,20H,12,14,16,18-19H2,1-2H3,(H,30,32)/t27-/m0/s1. The van der Waals surface area contributed by atoms with E-state index in [1.54, 1.807) is 18.3 Å². The number of amides is 1. The van der Waals surface area contributed by atoms with E-state index >= 15 is 0 Å². The molecule has 32 heavy (non-hydrogen) atoms. The first-order valence-electron chi connectivity index (χ1n) is 11.2. The number of nitrogens with one attached hydrogen (secondary N) is 1. The molecule has 0 spiro atoms. The van der Waals surface area contributed by atoms with Crippen LogP contribution in [0.25, 0.3) is 11.1 Å². The topological polar surface area (TPSA) is 45.2 Å². The van der Waals surface area contributed by atoms with Crippen LogP contribution in [0, 0.1) is 11.2 Å². The molecule has 0 bridgehead atoms. The Morgan fingerprint density at radius 2 is 2.00 bits per heavy atom. The summed E-state index contributed by atoms with van der Waals surface area (Å²) in [5, 5.41) is 3.16. The number of aromatic nitrogens is 1. The summed E-state index contributed by atoms with van der Waals surface area (Å²) in [4.78, 5) is 20.0. The number of hydrogen-bond donors (Lipinski definition) is 1. The summed E-state index contributed by atoms with van der Waals surface area (Å²) in [6.07, 6.45) is 5.05. The van der Waals surface area contributed by atoms with E-state index in [1.807, 2.05) is 44.3 Å². The van der Waals surface area contributed by atoms with Crippen LogP contribution >= 0.6 is 0 Å². The van der Waals surface area contributed by atoms with Crippen LogP contribution in [0.3, 0.4) is 0 Å². The molecule has 1 atom stereocenters. The van der Waals surface area contributed by atoms with Gasteiger partial charge in [-0.25, -0.2) is 4.39 Å². The SMILES string of the molecule is CC(C)NC(=O)[C@]1(Cc2ccccc2-c2cccnc2)CCN(Cc2cccc(F)c2)C1. The normalized spacial score (nSPS) is 18.8. The van der Waals surface area contributed by atoms with Crippen LogP contribution in [-0.2, 0) is 17.8 Å². The molecule has 2 aromatic carbocycles. The number of carbonyl (C=O) groups excluding carboxylic acids is 1.